The average Bonchev–Trinajstić information content (AvgIpc) is 2.67. The van der Waals surface area contributed by atoms with Gasteiger partial charge in [-0.2, -0.15) is 8.42 Å². The fourth-order valence-corrected chi connectivity index (χ4v) is 2.15. The van der Waals surface area contributed by atoms with E-state index in [4.69, 9.17) is 13.4 Å². The van der Waals surface area contributed by atoms with Gasteiger partial charge in [-0.05, 0) is 40.5 Å². The first-order valence-electron chi connectivity index (χ1n) is 5.73. The van der Waals surface area contributed by atoms with Gasteiger partial charge in [0, 0.05) is 0 Å². The van der Waals surface area contributed by atoms with E-state index >= 15 is 0 Å². The molecule has 108 valence electrons. The first-order valence-corrected chi connectivity index (χ1v) is 8.34. The minimum absolute atomic E-state index is 0.0622. The van der Waals surface area contributed by atoms with Crippen LogP contribution in [0.25, 0.3) is 5.76 Å². The predicted octanol–water partition coefficient (Wildman–Crippen LogP) is 2.95. The molecule has 0 radical (unpaired) electrons. The molecule has 19 heavy (non-hydrogen) atoms. The van der Waals surface area contributed by atoms with Crippen LogP contribution in [0.1, 0.15) is 32.4 Å². The lowest BCUT2D eigenvalue weighted by Gasteiger charge is -2.04. The topological polar surface area (TPSA) is 78.6 Å². The Bertz CT molecular complexity index is 549. The van der Waals surface area contributed by atoms with E-state index < -0.39 is 10.1 Å². The van der Waals surface area contributed by atoms with Crippen LogP contribution in [-0.4, -0.2) is 26.4 Å². The Kier molecular flexibility index (Phi) is 5.86. The van der Waals surface area contributed by atoms with Gasteiger partial charge in [0.15, 0.2) is 5.76 Å². The van der Waals surface area contributed by atoms with Gasteiger partial charge in [-0.1, -0.05) is 13.3 Å². The minimum Gasteiger partial charge on any atom is -0.475 e. The number of hydrogen-bond acceptors (Lipinski definition) is 6. The first-order chi connectivity index (χ1) is 8.89. The normalized spacial score (nSPS) is 12.5. The highest BCUT2D eigenvalue weighted by molar-refractivity contribution is 9.10. The van der Waals surface area contributed by atoms with Crippen molar-refractivity contribution in [2.75, 3.05) is 12.9 Å². The van der Waals surface area contributed by atoms with Crippen molar-refractivity contribution in [3.63, 3.8) is 0 Å². The molecule has 0 aromatic carbocycles. The zero-order valence-corrected chi connectivity index (χ0v) is 13.4. The van der Waals surface area contributed by atoms with Gasteiger partial charge in [-0.3, -0.25) is 0 Å². The van der Waals surface area contributed by atoms with Crippen molar-refractivity contribution >= 4 is 31.8 Å². The number of unbranched alkanes of at least 4 members (excludes halogenated alkanes) is 1. The molecule has 0 aliphatic rings. The Morgan fingerprint density at radius 2 is 2.21 bits per heavy atom. The molecule has 0 unspecified atom stereocenters. The summed E-state index contributed by atoms with van der Waals surface area (Å²) in [5.74, 6) is 0.520. The van der Waals surface area contributed by atoms with Gasteiger partial charge >= 0.3 is 10.1 Å². The molecular weight excluding hydrogens is 338 g/mol. The first kappa shape index (κ1) is 16.0. The van der Waals surface area contributed by atoms with Crippen LogP contribution in [0.5, 0.6) is 5.88 Å². The maximum absolute atomic E-state index is 11.1. The predicted molar refractivity (Wildman–Crippen MR) is 74.2 cm³/mol. The Morgan fingerprint density at radius 3 is 2.74 bits per heavy atom. The molecule has 0 saturated heterocycles. The molecule has 1 heterocycles. The van der Waals surface area contributed by atoms with Crippen LogP contribution < -0.4 is 4.74 Å². The molecular formula is C11H16BrNO5S. The summed E-state index contributed by atoms with van der Waals surface area (Å²) in [7, 11) is -3.63. The number of ether oxygens (including phenoxy) is 1. The van der Waals surface area contributed by atoms with Gasteiger partial charge < -0.3 is 13.4 Å². The summed E-state index contributed by atoms with van der Waals surface area (Å²) in [6, 6.07) is 0. The average molecular weight is 354 g/mol. The molecule has 0 aliphatic carbocycles. The fraction of sp³-hybridized carbons (Fsp3) is 0.545. The lowest BCUT2D eigenvalue weighted by atomic mass is 10.3. The van der Waals surface area contributed by atoms with E-state index in [-0.39, 0.29) is 17.4 Å². The SMILES string of the molecule is CC=C(OS(C)(=O)=O)c1onc(OCCCC)c1Br. The van der Waals surface area contributed by atoms with Gasteiger partial charge in [-0.25, -0.2) is 0 Å². The second-order valence-electron chi connectivity index (χ2n) is 3.77. The lowest BCUT2D eigenvalue weighted by molar-refractivity contribution is 0.271. The summed E-state index contributed by atoms with van der Waals surface area (Å²) < 4.78 is 37.9. The maximum atomic E-state index is 11.1. The molecule has 1 aromatic heterocycles. The van der Waals surface area contributed by atoms with E-state index in [1.54, 1.807) is 6.92 Å². The summed E-state index contributed by atoms with van der Waals surface area (Å²) in [6.07, 6.45) is 4.33. The smallest absolute Gasteiger partial charge is 0.306 e. The van der Waals surface area contributed by atoms with Crippen molar-refractivity contribution < 1.29 is 21.9 Å². The summed E-state index contributed by atoms with van der Waals surface area (Å²) in [6.45, 7) is 4.19. The monoisotopic (exact) mass is 353 g/mol. The van der Waals surface area contributed by atoms with Crippen LogP contribution in [0.4, 0.5) is 0 Å². The number of hydrogen-bond donors (Lipinski definition) is 0. The number of aromatic nitrogens is 1. The molecule has 1 aromatic rings. The highest BCUT2D eigenvalue weighted by Crippen LogP contribution is 2.33. The standard InChI is InChI=1S/C11H16BrNO5S/c1-4-6-7-16-11-9(12)10(17-13-11)8(5-2)18-19(3,14)15/h5H,4,6-7H2,1-3H3. The molecule has 0 saturated carbocycles. The Labute approximate surface area is 121 Å². The van der Waals surface area contributed by atoms with Crippen LogP contribution >= 0.6 is 15.9 Å². The van der Waals surface area contributed by atoms with Crippen LogP contribution in [-0.2, 0) is 14.3 Å². The zero-order chi connectivity index (χ0) is 14.5. The van der Waals surface area contributed by atoms with Crippen molar-refractivity contribution in [1.29, 1.82) is 0 Å². The van der Waals surface area contributed by atoms with E-state index in [1.807, 2.05) is 6.92 Å². The molecule has 1 rings (SSSR count). The van der Waals surface area contributed by atoms with E-state index in [0.717, 1.165) is 19.1 Å². The van der Waals surface area contributed by atoms with E-state index in [2.05, 4.69) is 21.1 Å². The van der Waals surface area contributed by atoms with Crippen molar-refractivity contribution in [2.24, 2.45) is 0 Å². The molecule has 0 bridgehead atoms. The number of nitrogens with zero attached hydrogens (tertiary/aromatic N) is 1. The van der Waals surface area contributed by atoms with Gasteiger partial charge in [0.2, 0.25) is 5.76 Å². The summed E-state index contributed by atoms with van der Waals surface area (Å²) in [4.78, 5) is 0. The number of rotatable bonds is 7. The minimum atomic E-state index is -3.63. The van der Waals surface area contributed by atoms with E-state index in [1.165, 1.54) is 6.08 Å². The van der Waals surface area contributed by atoms with Crippen LogP contribution in [0.2, 0.25) is 0 Å². The molecule has 8 heteroatoms. The molecule has 0 amide bonds. The Balaban J connectivity index is 2.89. The van der Waals surface area contributed by atoms with Gasteiger partial charge in [0.1, 0.15) is 4.47 Å². The number of allylic oxidation sites excluding steroid dienone is 1. The van der Waals surface area contributed by atoms with Crippen molar-refractivity contribution in [3.05, 3.63) is 16.3 Å². The quantitative estimate of drug-likeness (QED) is 0.426. The van der Waals surface area contributed by atoms with Crippen molar-refractivity contribution in [2.45, 2.75) is 26.7 Å². The molecule has 0 aliphatic heterocycles. The molecule has 0 spiro atoms. The molecule has 6 nitrogen and oxygen atoms in total. The second-order valence-corrected chi connectivity index (χ2v) is 6.14. The Hall–Kier alpha value is -1.02. The van der Waals surface area contributed by atoms with E-state index in [0.29, 0.717) is 11.1 Å². The summed E-state index contributed by atoms with van der Waals surface area (Å²) in [5.41, 5.74) is 0. The van der Waals surface area contributed by atoms with Crippen LogP contribution in [0, 0.1) is 0 Å². The summed E-state index contributed by atoms with van der Waals surface area (Å²) >= 11 is 3.26. The maximum Gasteiger partial charge on any atom is 0.306 e. The molecule has 0 N–H and O–H groups in total. The zero-order valence-electron chi connectivity index (χ0n) is 11.0. The highest BCUT2D eigenvalue weighted by atomic mass is 79.9. The third-order valence-electron chi connectivity index (χ3n) is 2.07. The Morgan fingerprint density at radius 1 is 1.53 bits per heavy atom. The number of halogens is 1. The summed E-state index contributed by atoms with van der Waals surface area (Å²) in [5, 5.41) is 3.73. The van der Waals surface area contributed by atoms with E-state index in [9.17, 15) is 8.42 Å². The highest BCUT2D eigenvalue weighted by Gasteiger charge is 2.22. The molecule has 0 atom stereocenters. The van der Waals surface area contributed by atoms with Crippen LogP contribution in [0.15, 0.2) is 15.1 Å². The van der Waals surface area contributed by atoms with Gasteiger partial charge in [0.05, 0.1) is 12.9 Å². The lowest BCUT2D eigenvalue weighted by Crippen LogP contribution is -2.02. The van der Waals surface area contributed by atoms with Gasteiger partial charge in [-0.15, -0.1) is 0 Å². The van der Waals surface area contributed by atoms with Gasteiger partial charge in [0.25, 0.3) is 5.88 Å². The van der Waals surface area contributed by atoms with Crippen molar-refractivity contribution in [1.82, 2.24) is 5.16 Å². The molecule has 0 fully saturated rings. The van der Waals surface area contributed by atoms with Crippen LogP contribution in [0.3, 0.4) is 0 Å². The largest absolute Gasteiger partial charge is 0.475 e. The fourth-order valence-electron chi connectivity index (χ4n) is 1.20. The second kappa shape index (κ2) is 6.95. The third-order valence-corrected chi connectivity index (χ3v) is 3.25. The third kappa shape index (κ3) is 4.87. The van der Waals surface area contributed by atoms with Crippen molar-refractivity contribution in [3.8, 4) is 5.88 Å².